The summed E-state index contributed by atoms with van der Waals surface area (Å²) in [6.45, 7) is 2.79. The molecule has 0 amide bonds. The van der Waals surface area contributed by atoms with Crippen molar-refractivity contribution in [3.8, 4) is 0 Å². The number of aryl methyl sites for hydroxylation is 1. The highest BCUT2D eigenvalue weighted by atomic mass is 32.2. The molecule has 1 saturated carbocycles. The van der Waals surface area contributed by atoms with Crippen LogP contribution in [0.5, 0.6) is 0 Å². The van der Waals surface area contributed by atoms with Crippen molar-refractivity contribution in [2.24, 2.45) is 5.73 Å². The van der Waals surface area contributed by atoms with Gasteiger partial charge >= 0.3 is 0 Å². The van der Waals surface area contributed by atoms with Crippen molar-refractivity contribution in [3.05, 3.63) is 29.3 Å². The Balaban J connectivity index is 2.14. The predicted molar refractivity (Wildman–Crippen MR) is 84.4 cm³/mol. The number of nitrogens with one attached hydrogen (secondary N) is 1. The minimum absolute atomic E-state index is 0.0917. The molecule has 0 aromatic heterocycles. The predicted octanol–water partition coefficient (Wildman–Crippen LogP) is 2.02. The zero-order valence-corrected chi connectivity index (χ0v) is 13.6. The van der Waals surface area contributed by atoms with E-state index in [1.165, 1.54) is 6.42 Å². The van der Waals surface area contributed by atoms with Crippen LogP contribution < -0.4 is 10.5 Å². The molecule has 0 spiro atoms. The molecule has 20 heavy (non-hydrogen) atoms. The van der Waals surface area contributed by atoms with Crippen LogP contribution in [0.15, 0.2) is 23.1 Å². The molecule has 4 nitrogen and oxygen atoms in total. The Hall–Kier alpha value is -0.560. The van der Waals surface area contributed by atoms with Crippen molar-refractivity contribution in [1.29, 1.82) is 0 Å². The first-order valence-corrected chi connectivity index (χ1v) is 9.48. The van der Waals surface area contributed by atoms with Crippen LogP contribution in [0.2, 0.25) is 0 Å². The van der Waals surface area contributed by atoms with Crippen LogP contribution in [-0.2, 0) is 16.6 Å². The number of sulfonamides is 1. The second kappa shape index (κ2) is 6.05. The highest BCUT2D eigenvalue weighted by Gasteiger charge is 2.37. The fourth-order valence-corrected chi connectivity index (χ4v) is 4.55. The first kappa shape index (κ1) is 15.8. The van der Waals surface area contributed by atoms with Crippen molar-refractivity contribution >= 4 is 21.8 Å². The monoisotopic (exact) mass is 314 g/mol. The molecule has 0 atom stereocenters. The molecule has 0 bridgehead atoms. The second-order valence-corrected chi connectivity index (χ2v) is 8.40. The average Bonchev–Trinajstić information content (AvgIpc) is 2.38. The van der Waals surface area contributed by atoms with E-state index in [0.717, 1.165) is 24.0 Å². The molecule has 1 fully saturated rings. The molecule has 0 aliphatic heterocycles. The lowest BCUT2D eigenvalue weighted by Gasteiger charge is -2.40. The van der Waals surface area contributed by atoms with Gasteiger partial charge in [0.1, 0.15) is 0 Å². The Labute approximate surface area is 125 Å². The number of nitrogens with two attached hydrogens (primary N) is 1. The van der Waals surface area contributed by atoms with Gasteiger partial charge < -0.3 is 5.73 Å². The van der Waals surface area contributed by atoms with E-state index in [9.17, 15) is 8.42 Å². The number of benzene rings is 1. The number of rotatable bonds is 6. The summed E-state index contributed by atoms with van der Waals surface area (Å²) in [5.41, 5.74) is 7.53. The lowest BCUT2D eigenvalue weighted by molar-refractivity contribution is 0.362. The van der Waals surface area contributed by atoms with Crippen LogP contribution in [0.3, 0.4) is 0 Å². The molecule has 3 N–H and O–H groups in total. The Morgan fingerprint density at radius 2 is 2.10 bits per heavy atom. The van der Waals surface area contributed by atoms with Crippen molar-refractivity contribution in [2.45, 2.75) is 42.4 Å². The van der Waals surface area contributed by atoms with E-state index in [-0.39, 0.29) is 4.75 Å². The summed E-state index contributed by atoms with van der Waals surface area (Å²) < 4.78 is 27.5. The van der Waals surface area contributed by atoms with Gasteiger partial charge in [-0.2, -0.15) is 11.8 Å². The van der Waals surface area contributed by atoms with Crippen LogP contribution in [-0.4, -0.2) is 26.0 Å². The van der Waals surface area contributed by atoms with Crippen LogP contribution in [0, 0.1) is 6.92 Å². The zero-order valence-electron chi connectivity index (χ0n) is 12.0. The van der Waals surface area contributed by atoms with Gasteiger partial charge in [0.25, 0.3) is 0 Å². The van der Waals surface area contributed by atoms with Gasteiger partial charge in [-0.05, 0) is 49.3 Å². The van der Waals surface area contributed by atoms with E-state index in [1.54, 1.807) is 23.9 Å². The normalized spacial score (nSPS) is 17.8. The summed E-state index contributed by atoms with van der Waals surface area (Å²) in [7, 11) is -3.45. The maximum Gasteiger partial charge on any atom is 0.240 e. The van der Waals surface area contributed by atoms with E-state index in [0.29, 0.717) is 18.0 Å². The SMILES string of the molecule is CSC1(CNS(=O)(=O)c2ccc(C)c(CN)c2)CCC1. The Bertz CT molecular complexity index is 575. The van der Waals surface area contributed by atoms with Gasteiger partial charge in [0.2, 0.25) is 10.0 Å². The largest absolute Gasteiger partial charge is 0.326 e. The molecule has 0 saturated heterocycles. The smallest absolute Gasteiger partial charge is 0.240 e. The standard InChI is InChI=1S/C14H22N2O2S2/c1-11-4-5-13(8-12(11)9-15)20(17,18)16-10-14(19-2)6-3-7-14/h4-5,8,16H,3,6-7,9-10,15H2,1-2H3. The van der Waals surface area contributed by atoms with Gasteiger partial charge in [-0.1, -0.05) is 12.5 Å². The van der Waals surface area contributed by atoms with Crippen molar-refractivity contribution in [3.63, 3.8) is 0 Å². The topological polar surface area (TPSA) is 72.2 Å². The molecule has 1 aromatic rings. The lowest BCUT2D eigenvalue weighted by atomic mass is 9.84. The zero-order chi connectivity index (χ0) is 14.8. The third-order valence-electron chi connectivity index (χ3n) is 4.13. The van der Waals surface area contributed by atoms with E-state index in [1.807, 2.05) is 19.2 Å². The molecule has 1 aliphatic rings. The first-order chi connectivity index (χ1) is 9.42. The average molecular weight is 314 g/mol. The number of hydrogen-bond donors (Lipinski definition) is 2. The quantitative estimate of drug-likeness (QED) is 0.842. The highest BCUT2D eigenvalue weighted by molar-refractivity contribution is 8.00. The fourth-order valence-electron chi connectivity index (χ4n) is 2.37. The van der Waals surface area contributed by atoms with Gasteiger partial charge in [-0.25, -0.2) is 13.1 Å². The molecular weight excluding hydrogens is 292 g/mol. The molecule has 0 heterocycles. The Morgan fingerprint density at radius 1 is 1.40 bits per heavy atom. The maximum atomic E-state index is 12.4. The van der Waals surface area contributed by atoms with E-state index >= 15 is 0 Å². The van der Waals surface area contributed by atoms with E-state index in [2.05, 4.69) is 4.72 Å². The lowest BCUT2D eigenvalue weighted by Crippen LogP contribution is -2.45. The molecule has 0 unspecified atom stereocenters. The molecule has 6 heteroatoms. The molecule has 0 radical (unpaired) electrons. The third-order valence-corrected chi connectivity index (χ3v) is 6.95. The summed E-state index contributed by atoms with van der Waals surface area (Å²) in [5.74, 6) is 0. The molecule has 2 rings (SSSR count). The van der Waals surface area contributed by atoms with Crippen LogP contribution in [0.4, 0.5) is 0 Å². The Kier molecular flexibility index (Phi) is 4.79. The molecule has 112 valence electrons. The van der Waals surface area contributed by atoms with Crippen molar-refractivity contribution in [2.75, 3.05) is 12.8 Å². The fraction of sp³-hybridized carbons (Fsp3) is 0.571. The highest BCUT2D eigenvalue weighted by Crippen LogP contribution is 2.42. The molecule has 1 aliphatic carbocycles. The third kappa shape index (κ3) is 3.19. The minimum Gasteiger partial charge on any atom is -0.326 e. The molecule has 1 aromatic carbocycles. The number of hydrogen-bond acceptors (Lipinski definition) is 4. The maximum absolute atomic E-state index is 12.4. The summed E-state index contributed by atoms with van der Waals surface area (Å²) in [6, 6.07) is 5.12. The van der Waals surface area contributed by atoms with Gasteiger partial charge in [0.15, 0.2) is 0 Å². The number of thioether (sulfide) groups is 1. The summed E-state index contributed by atoms with van der Waals surface area (Å²) >= 11 is 1.76. The summed E-state index contributed by atoms with van der Waals surface area (Å²) in [6.07, 6.45) is 5.40. The van der Waals surface area contributed by atoms with Crippen LogP contribution in [0.25, 0.3) is 0 Å². The van der Waals surface area contributed by atoms with Crippen LogP contribution in [0.1, 0.15) is 30.4 Å². The van der Waals surface area contributed by atoms with Gasteiger partial charge in [-0.3, -0.25) is 0 Å². The first-order valence-electron chi connectivity index (χ1n) is 6.77. The summed E-state index contributed by atoms with van der Waals surface area (Å²) in [4.78, 5) is 0.305. The summed E-state index contributed by atoms with van der Waals surface area (Å²) in [5, 5.41) is 0. The van der Waals surface area contributed by atoms with Crippen molar-refractivity contribution < 1.29 is 8.42 Å². The van der Waals surface area contributed by atoms with Gasteiger partial charge in [0.05, 0.1) is 4.90 Å². The van der Waals surface area contributed by atoms with Gasteiger partial charge in [0, 0.05) is 17.8 Å². The van der Waals surface area contributed by atoms with Gasteiger partial charge in [-0.15, -0.1) is 0 Å². The molecular formula is C14H22N2O2S2. The van der Waals surface area contributed by atoms with Crippen LogP contribution >= 0.6 is 11.8 Å². The van der Waals surface area contributed by atoms with E-state index < -0.39 is 10.0 Å². The second-order valence-electron chi connectivity index (χ2n) is 5.36. The van der Waals surface area contributed by atoms with Crippen molar-refractivity contribution in [1.82, 2.24) is 4.72 Å². The van der Waals surface area contributed by atoms with E-state index in [4.69, 9.17) is 5.73 Å². The minimum atomic E-state index is -3.45. The Morgan fingerprint density at radius 3 is 2.60 bits per heavy atom.